The number of hydrogen-bond acceptors (Lipinski definition) is 3. The largest absolute Gasteiger partial charge is 0.460 e. The zero-order valence-corrected chi connectivity index (χ0v) is 17.1. The van der Waals surface area contributed by atoms with Gasteiger partial charge < -0.3 is 9.47 Å². The maximum absolute atomic E-state index is 13.0. The van der Waals surface area contributed by atoms with Crippen LogP contribution < -0.4 is 4.74 Å². The van der Waals surface area contributed by atoms with Crippen LogP contribution in [0.2, 0.25) is 0 Å². The predicted octanol–water partition coefficient (Wildman–Crippen LogP) is 6.65. The monoisotopic (exact) mass is 404 g/mol. The fourth-order valence-electron chi connectivity index (χ4n) is 2.94. The van der Waals surface area contributed by atoms with Gasteiger partial charge in [0.1, 0.15) is 23.9 Å². The predicted molar refractivity (Wildman–Crippen MR) is 117 cm³/mol. The Morgan fingerprint density at radius 2 is 1.63 bits per heavy atom. The van der Waals surface area contributed by atoms with Gasteiger partial charge in [0.05, 0.1) is 5.92 Å². The average Bonchev–Trinajstić information content (AvgIpc) is 2.74. The Morgan fingerprint density at radius 1 is 0.933 bits per heavy atom. The first-order valence-corrected chi connectivity index (χ1v) is 9.93. The zero-order valence-electron chi connectivity index (χ0n) is 17.1. The van der Waals surface area contributed by atoms with Crippen LogP contribution in [0.1, 0.15) is 25.0 Å². The summed E-state index contributed by atoms with van der Waals surface area (Å²) in [6, 6.07) is 23.1. The maximum Gasteiger partial charge on any atom is 0.313 e. The summed E-state index contributed by atoms with van der Waals surface area (Å²) < 4.78 is 24.4. The van der Waals surface area contributed by atoms with Crippen molar-refractivity contribution in [3.63, 3.8) is 0 Å². The number of hydrogen-bond donors (Lipinski definition) is 0. The van der Waals surface area contributed by atoms with E-state index >= 15 is 0 Å². The first kappa shape index (κ1) is 21.3. The van der Waals surface area contributed by atoms with E-state index in [0.29, 0.717) is 5.75 Å². The molecule has 0 aliphatic heterocycles. The number of ether oxygens (including phenoxy) is 2. The molecule has 0 saturated heterocycles. The van der Waals surface area contributed by atoms with E-state index in [-0.39, 0.29) is 30.2 Å². The number of carbonyl (C=O) groups excluding carboxylic acids is 1. The molecule has 3 rings (SSSR count). The second-order valence-corrected chi connectivity index (χ2v) is 7.35. The highest BCUT2D eigenvalue weighted by molar-refractivity contribution is 5.76. The van der Waals surface area contributed by atoms with Gasteiger partial charge in [-0.05, 0) is 53.4 Å². The van der Waals surface area contributed by atoms with Crippen molar-refractivity contribution in [1.29, 1.82) is 0 Å². The van der Waals surface area contributed by atoms with E-state index in [4.69, 9.17) is 9.47 Å². The molecule has 154 valence electrons. The Bertz CT molecular complexity index is 979. The molecule has 0 radical (unpaired) electrons. The molecule has 0 N–H and O–H groups in total. The minimum atomic E-state index is -0.390. The highest BCUT2D eigenvalue weighted by atomic mass is 19.1. The number of halogens is 1. The van der Waals surface area contributed by atoms with Gasteiger partial charge in [-0.2, -0.15) is 0 Å². The van der Waals surface area contributed by atoms with Gasteiger partial charge in [0.25, 0.3) is 0 Å². The molecule has 0 saturated carbocycles. The normalized spacial score (nSPS) is 12.1. The summed E-state index contributed by atoms with van der Waals surface area (Å²) in [5, 5.41) is 0. The molecule has 3 aromatic rings. The van der Waals surface area contributed by atoms with Crippen molar-refractivity contribution in [3.05, 3.63) is 102 Å². The molecule has 0 aliphatic carbocycles. The molecular formula is C26H25FO3. The Hall–Kier alpha value is -3.40. The van der Waals surface area contributed by atoms with Crippen LogP contribution in [-0.2, 0) is 16.1 Å². The lowest BCUT2D eigenvalue weighted by Gasteiger charge is -2.16. The lowest BCUT2D eigenvalue weighted by atomic mass is 9.95. The Kier molecular flexibility index (Phi) is 7.39. The van der Waals surface area contributed by atoms with Crippen LogP contribution in [0.25, 0.3) is 6.08 Å². The van der Waals surface area contributed by atoms with Crippen LogP contribution in [0.15, 0.2) is 84.9 Å². The summed E-state index contributed by atoms with van der Waals surface area (Å²) in [7, 11) is 0. The molecule has 1 unspecified atom stereocenters. The summed E-state index contributed by atoms with van der Waals surface area (Å²) in [5.74, 6) is 0.535. The molecule has 0 aliphatic rings. The van der Waals surface area contributed by atoms with Crippen molar-refractivity contribution in [2.75, 3.05) is 0 Å². The molecule has 0 heterocycles. The molecule has 3 aromatic carbocycles. The van der Waals surface area contributed by atoms with Crippen LogP contribution in [0.5, 0.6) is 11.5 Å². The fourth-order valence-corrected chi connectivity index (χ4v) is 2.94. The van der Waals surface area contributed by atoms with Crippen LogP contribution in [0.4, 0.5) is 4.39 Å². The van der Waals surface area contributed by atoms with Crippen molar-refractivity contribution in [2.45, 2.75) is 20.5 Å². The summed E-state index contributed by atoms with van der Waals surface area (Å²) in [6.07, 6.45) is 3.63. The Labute approximate surface area is 176 Å². The van der Waals surface area contributed by atoms with E-state index in [0.717, 1.165) is 16.9 Å². The summed E-state index contributed by atoms with van der Waals surface area (Å²) in [6.45, 7) is 4.10. The van der Waals surface area contributed by atoms with Gasteiger partial charge in [-0.1, -0.05) is 68.5 Å². The van der Waals surface area contributed by atoms with Crippen molar-refractivity contribution in [2.24, 2.45) is 11.8 Å². The Morgan fingerprint density at radius 3 is 2.33 bits per heavy atom. The van der Waals surface area contributed by atoms with Crippen molar-refractivity contribution in [3.8, 4) is 11.5 Å². The van der Waals surface area contributed by atoms with Gasteiger partial charge in [-0.25, -0.2) is 4.39 Å². The van der Waals surface area contributed by atoms with Gasteiger partial charge >= 0.3 is 5.97 Å². The minimum absolute atomic E-state index is 0.0712. The highest BCUT2D eigenvalue weighted by Crippen LogP contribution is 2.23. The topological polar surface area (TPSA) is 35.5 Å². The third-order valence-electron chi connectivity index (χ3n) is 4.61. The summed E-state index contributed by atoms with van der Waals surface area (Å²) in [4.78, 5) is 12.6. The number of para-hydroxylation sites is 1. The number of benzene rings is 3. The van der Waals surface area contributed by atoms with E-state index in [2.05, 4.69) is 0 Å². The lowest BCUT2D eigenvalue weighted by Crippen LogP contribution is -2.20. The van der Waals surface area contributed by atoms with Crippen molar-refractivity contribution in [1.82, 2.24) is 0 Å². The van der Waals surface area contributed by atoms with Crippen LogP contribution in [-0.4, -0.2) is 5.97 Å². The molecule has 0 spiro atoms. The highest BCUT2D eigenvalue weighted by Gasteiger charge is 2.21. The number of rotatable bonds is 8. The molecule has 30 heavy (non-hydrogen) atoms. The minimum Gasteiger partial charge on any atom is -0.460 e. The van der Waals surface area contributed by atoms with Gasteiger partial charge in [-0.3, -0.25) is 4.79 Å². The second-order valence-electron chi connectivity index (χ2n) is 7.35. The van der Waals surface area contributed by atoms with E-state index in [1.165, 1.54) is 12.1 Å². The maximum atomic E-state index is 13.0. The molecule has 0 bridgehead atoms. The molecule has 0 aromatic heterocycles. The first-order chi connectivity index (χ1) is 14.5. The van der Waals surface area contributed by atoms with Gasteiger partial charge in [0, 0.05) is 0 Å². The smallest absolute Gasteiger partial charge is 0.313 e. The van der Waals surface area contributed by atoms with Gasteiger partial charge in [0.15, 0.2) is 0 Å². The molecule has 3 nitrogen and oxygen atoms in total. The fraction of sp³-hybridized carbons (Fsp3) is 0.192. The number of esters is 1. The van der Waals surface area contributed by atoms with E-state index in [1.807, 2.05) is 80.6 Å². The van der Waals surface area contributed by atoms with Gasteiger partial charge in [-0.15, -0.1) is 0 Å². The van der Waals surface area contributed by atoms with E-state index < -0.39 is 0 Å². The average molecular weight is 404 g/mol. The molecule has 0 fully saturated rings. The van der Waals surface area contributed by atoms with Gasteiger partial charge in [0.2, 0.25) is 0 Å². The van der Waals surface area contributed by atoms with Crippen LogP contribution >= 0.6 is 0 Å². The van der Waals surface area contributed by atoms with Crippen LogP contribution in [0.3, 0.4) is 0 Å². The second kappa shape index (κ2) is 10.4. The zero-order chi connectivity index (χ0) is 21.3. The molecule has 1 atom stereocenters. The standard InChI is InChI=1S/C26H25FO3/c1-19(2)25(16-13-20-11-14-22(27)15-12-20)26(28)29-18-21-7-6-10-24(17-21)30-23-8-4-3-5-9-23/h3-17,19,25H,18H2,1-2H3/b16-13+. The van der Waals surface area contributed by atoms with E-state index in [9.17, 15) is 9.18 Å². The summed E-state index contributed by atoms with van der Waals surface area (Å²) in [5.41, 5.74) is 1.68. The lowest BCUT2D eigenvalue weighted by molar-refractivity contribution is -0.149. The third-order valence-corrected chi connectivity index (χ3v) is 4.61. The van der Waals surface area contributed by atoms with E-state index in [1.54, 1.807) is 12.1 Å². The first-order valence-electron chi connectivity index (χ1n) is 9.93. The molecule has 0 amide bonds. The molecule has 4 heteroatoms. The quantitative estimate of drug-likeness (QED) is 0.395. The SMILES string of the molecule is CC(C)C(/C=C/c1ccc(F)cc1)C(=O)OCc1cccc(Oc2ccccc2)c1. The van der Waals surface area contributed by atoms with Crippen molar-refractivity contribution >= 4 is 12.0 Å². The van der Waals surface area contributed by atoms with Crippen LogP contribution in [0, 0.1) is 17.7 Å². The number of carbonyl (C=O) groups is 1. The van der Waals surface area contributed by atoms with Crippen molar-refractivity contribution < 1.29 is 18.7 Å². The summed E-state index contributed by atoms with van der Waals surface area (Å²) >= 11 is 0. The molecular weight excluding hydrogens is 379 g/mol. The Balaban J connectivity index is 1.61. The third kappa shape index (κ3) is 6.31.